The Morgan fingerprint density at radius 3 is 3.15 bits per heavy atom. The normalized spacial score (nSPS) is 26.9. The molecular weight excluding hydrogens is 268 g/mol. The Balaban J connectivity index is 1.60. The molecule has 0 aliphatic carbocycles. The summed E-state index contributed by atoms with van der Waals surface area (Å²) in [5.41, 5.74) is 0. The van der Waals surface area contributed by atoms with Crippen LogP contribution < -0.4 is 5.32 Å². The maximum atomic E-state index is 12.6. The van der Waals surface area contributed by atoms with E-state index in [2.05, 4.69) is 27.7 Å². The van der Waals surface area contributed by atoms with Crippen molar-refractivity contribution in [1.82, 2.24) is 10.2 Å². The summed E-state index contributed by atoms with van der Waals surface area (Å²) in [6, 6.07) is 5.18. The van der Waals surface area contributed by atoms with Crippen LogP contribution in [-0.4, -0.2) is 36.0 Å². The first-order valence-electron chi connectivity index (χ1n) is 7.90. The number of likely N-dealkylation sites (tertiary alicyclic amines) is 1. The van der Waals surface area contributed by atoms with Crippen LogP contribution in [0.4, 0.5) is 0 Å². The average Bonchev–Trinajstić information content (AvgIpc) is 2.87. The van der Waals surface area contributed by atoms with Crippen LogP contribution in [0.15, 0.2) is 17.5 Å². The molecule has 3 nitrogen and oxygen atoms in total. The Kier molecular flexibility index (Phi) is 4.73. The summed E-state index contributed by atoms with van der Waals surface area (Å²) in [5.74, 6) is 0.358. The number of rotatable bonds is 3. The fourth-order valence-corrected chi connectivity index (χ4v) is 4.27. The summed E-state index contributed by atoms with van der Waals surface area (Å²) in [7, 11) is 0. The molecule has 0 radical (unpaired) electrons. The van der Waals surface area contributed by atoms with Gasteiger partial charge in [0, 0.05) is 29.9 Å². The molecule has 2 saturated heterocycles. The van der Waals surface area contributed by atoms with Crippen molar-refractivity contribution in [3.63, 3.8) is 0 Å². The molecule has 110 valence electrons. The van der Waals surface area contributed by atoms with Gasteiger partial charge in [-0.25, -0.2) is 0 Å². The molecule has 0 bridgehead atoms. The lowest BCUT2D eigenvalue weighted by molar-refractivity contribution is -0.135. The minimum absolute atomic E-state index is 0.358. The summed E-state index contributed by atoms with van der Waals surface area (Å²) >= 11 is 1.75. The predicted molar refractivity (Wildman–Crippen MR) is 83.0 cm³/mol. The van der Waals surface area contributed by atoms with Crippen LogP contribution in [0, 0.1) is 0 Å². The molecule has 0 aromatic carbocycles. The monoisotopic (exact) mass is 292 g/mol. The van der Waals surface area contributed by atoms with Gasteiger partial charge in [0.2, 0.25) is 5.91 Å². The number of hydrogen-bond donors (Lipinski definition) is 1. The van der Waals surface area contributed by atoms with Crippen molar-refractivity contribution >= 4 is 17.2 Å². The van der Waals surface area contributed by atoms with Crippen LogP contribution in [0.2, 0.25) is 0 Å². The number of fused-ring (bicyclic) bond motifs is 1. The molecule has 0 spiro atoms. The van der Waals surface area contributed by atoms with Crippen molar-refractivity contribution < 1.29 is 4.79 Å². The predicted octanol–water partition coefficient (Wildman–Crippen LogP) is 2.81. The van der Waals surface area contributed by atoms with E-state index in [1.165, 1.54) is 30.6 Å². The molecule has 3 heterocycles. The van der Waals surface area contributed by atoms with Gasteiger partial charge >= 0.3 is 0 Å². The van der Waals surface area contributed by atoms with Gasteiger partial charge < -0.3 is 10.2 Å². The number of piperidine rings is 1. The molecule has 3 rings (SSSR count). The van der Waals surface area contributed by atoms with E-state index in [-0.39, 0.29) is 0 Å². The summed E-state index contributed by atoms with van der Waals surface area (Å²) in [6.45, 7) is 2.09. The second kappa shape index (κ2) is 6.72. The molecule has 1 aromatic rings. The van der Waals surface area contributed by atoms with E-state index in [0.29, 0.717) is 24.4 Å². The quantitative estimate of drug-likeness (QED) is 0.929. The molecule has 4 heteroatoms. The van der Waals surface area contributed by atoms with Gasteiger partial charge in [0.15, 0.2) is 0 Å². The van der Waals surface area contributed by atoms with Crippen LogP contribution in [0.25, 0.3) is 0 Å². The number of hydrogen-bond acceptors (Lipinski definition) is 3. The molecule has 1 aromatic heterocycles. The van der Waals surface area contributed by atoms with Gasteiger partial charge in [0.25, 0.3) is 0 Å². The first-order chi connectivity index (χ1) is 9.84. The standard InChI is InChI=1S/C16H24N2OS/c19-16(9-8-13-5-4-12-20-13)18-11-3-6-14-15(18)7-1-2-10-17-14/h4-5,12,14-15,17H,1-3,6-11H2/t14-,15+/m1/s1. The fraction of sp³-hybridized carbons (Fsp3) is 0.688. The number of nitrogens with zero attached hydrogens (tertiary/aromatic N) is 1. The molecule has 1 amide bonds. The van der Waals surface area contributed by atoms with Crippen molar-refractivity contribution in [2.45, 2.75) is 57.0 Å². The lowest BCUT2D eigenvalue weighted by atomic mass is 9.93. The second-order valence-corrected chi connectivity index (χ2v) is 6.96. The summed E-state index contributed by atoms with van der Waals surface area (Å²) in [4.78, 5) is 16.1. The van der Waals surface area contributed by atoms with Crippen molar-refractivity contribution in [3.05, 3.63) is 22.4 Å². The molecule has 2 aliphatic heterocycles. The van der Waals surface area contributed by atoms with Crippen LogP contribution >= 0.6 is 11.3 Å². The minimum Gasteiger partial charge on any atom is -0.338 e. The zero-order valence-electron chi connectivity index (χ0n) is 12.0. The highest BCUT2D eigenvalue weighted by Crippen LogP contribution is 2.25. The highest BCUT2D eigenvalue weighted by Gasteiger charge is 2.34. The maximum absolute atomic E-state index is 12.6. The third-order valence-electron chi connectivity index (χ3n) is 4.60. The second-order valence-electron chi connectivity index (χ2n) is 5.93. The van der Waals surface area contributed by atoms with Crippen LogP contribution in [0.1, 0.15) is 43.4 Å². The van der Waals surface area contributed by atoms with Crippen LogP contribution in [0.5, 0.6) is 0 Å². The van der Waals surface area contributed by atoms with E-state index in [1.54, 1.807) is 11.3 Å². The lowest BCUT2D eigenvalue weighted by Gasteiger charge is -2.41. The Morgan fingerprint density at radius 1 is 1.35 bits per heavy atom. The topological polar surface area (TPSA) is 32.3 Å². The Hall–Kier alpha value is -0.870. The van der Waals surface area contributed by atoms with Gasteiger partial charge in [0.05, 0.1) is 0 Å². The Labute approximate surface area is 125 Å². The summed E-state index contributed by atoms with van der Waals surface area (Å²) in [6.07, 6.45) is 7.65. The van der Waals surface area contributed by atoms with Crippen molar-refractivity contribution in [2.24, 2.45) is 0 Å². The van der Waals surface area contributed by atoms with E-state index in [9.17, 15) is 4.79 Å². The number of aryl methyl sites for hydroxylation is 1. The minimum atomic E-state index is 0.358. The molecular formula is C16H24N2OS. The van der Waals surface area contributed by atoms with Crippen molar-refractivity contribution in [3.8, 4) is 0 Å². The van der Waals surface area contributed by atoms with E-state index in [1.807, 2.05) is 0 Å². The summed E-state index contributed by atoms with van der Waals surface area (Å²) < 4.78 is 0. The zero-order valence-corrected chi connectivity index (χ0v) is 12.8. The van der Waals surface area contributed by atoms with Gasteiger partial charge in [0.1, 0.15) is 0 Å². The molecule has 0 unspecified atom stereocenters. The smallest absolute Gasteiger partial charge is 0.223 e. The average molecular weight is 292 g/mol. The zero-order chi connectivity index (χ0) is 13.8. The lowest BCUT2D eigenvalue weighted by Crippen LogP contribution is -2.55. The van der Waals surface area contributed by atoms with E-state index >= 15 is 0 Å². The maximum Gasteiger partial charge on any atom is 0.223 e. The first kappa shape index (κ1) is 14.1. The SMILES string of the molecule is O=C(CCc1cccs1)N1CCC[C@H]2NCCCC[C@@H]21. The van der Waals surface area contributed by atoms with Crippen molar-refractivity contribution in [2.75, 3.05) is 13.1 Å². The highest BCUT2D eigenvalue weighted by atomic mass is 32.1. The molecule has 0 saturated carbocycles. The van der Waals surface area contributed by atoms with E-state index in [0.717, 1.165) is 25.9 Å². The molecule has 2 fully saturated rings. The molecule has 2 aliphatic rings. The largest absolute Gasteiger partial charge is 0.338 e. The van der Waals surface area contributed by atoms with Crippen molar-refractivity contribution in [1.29, 1.82) is 0 Å². The number of amides is 1. The molecule has 2 atom stereocenters. The first-order valence-corrected chi connectivity index (χ1v) is 8.78. The van der Waals surface area contributed by atoms with Gasteiger partial charge in [-0.3, -0.25) is 4.79 Å². The third kappa shape index (κ3) is 3.23. The fourth-order valence-electron chi connectivity index (χ4n) is 3.56. The van der Waals surface area contributed by atoms with Crippen LogP contribution in [0.3, 0.4) is 0 Å². The Morgan fingerprint density at radius 2 is 2.30 bits per heavy atom. The number of nitrogens with one attached hydrogen (secondary N) is 1. The molecule has 20 heavy (non-hydrogen) atoms. The van der Waals surface area contributed by atoms with E-state index in [4.69, 9.17) is 0 Å². The third-order valence-corrected chi connectivity index (χ3v) is 5.53. The van der Waals surface area contributed by atoms with Gasteiger partial charge in [-0.2, -0.15) is 0 Å². The summed E-state index contributed by atoms with van der Waals surface area (Å²) in [5, 5.41) is 5.74. The van der Waals surface area contributed by atoms with Gasteiger partial charge in [-0.1, -0.05) is 12.5 Å². The number of thiophene rings is 1. The van der Waals surface area contributed by atoms with Gasteiger partial charge in [-0.15, -0.1) is 11.3 Å². The molecule has 1 N–H and O–H groups in total. The highest BCUT2D eigenvalue weighted by molar-refractivity contribution is 7.09. The Bertz CT molecular complexity index is 432. The van der Waals surface area contributed by atoms with Crippen LogP contribution in [-0.2, 0) is 11.2 Å². The van der Waals surface area contributed by atoms with Gasteiger partial charge in [-0.05, 0) is 50.1 Å². The number of carbonyl (C=O) groups is 1. The number of carbonyl (C=O) groups excluding carboxylic acids is 1. The van der Waals surface area contributed by atoms with E-state index < -0.39 is 0 Å².